The van der Waals surface area contributed by atoms with Crippen molar-refractivity contribution in [2.75, 3.05) is 0 Å². The molecule has 1 rings (SSSR count). The highest BCUT2D eigenvalue weighted by atomic mass is 79.9. The molecule has 0 atom stereocenters. The van der Waals surface area contributed by atoms with Crippen molar-refractivity contribution in [3.05, 3.63) is 46.5 Å². The maximum atomic E-state index is 10.2. The van der Waals surface area contributed by atoms with E-state index in [0.29, 0.717) is 6.42 Å². The van der Waals surface area contributed by atoms with Gasteiger partial charge in [-0.05, 0) is 18.1 Å². The van der Waals surface area contributed by atoms with Crippen molar-refractivity contribution in [3.63, 3.8) is 0 Å². The molecule has 68 valence electrons. The minimum absolute atomic E-state index is 0.633. The van der Waals surface area contributed by atoms with Gasteiger partial charge in [-0.2, -0.15) is 0 Å². The lowest BCUT2D eigenvalue weighted by atomic mass is 10.1. The Kier molecular flexibility index (Phi) is 3.71. The van der Waals surface area contributed by atoms with Crippen LogP contribution in [0.5, 0.6) is 0 Å². The van der Waals surface area contributed by atoms with Gasteiger partial charge in [0.25, 0.3) is 0 Å². The summed E-state index contributed by atoms with van der Waals surface area (Å²) in [6.07, 6.45) is 3.41. The van der Waals surface area contributed by atoms with Gasteiger partial charge in [0.15, 0.2) is 0 Å². The van der Waals surface area contributed by atoms with Crippen molar-refractivity contribution < 1.29 is 9.90 Å². The van der Waals surface area contributed by atoms with E-state index in [1.165, 1.54) is 0 Å². The molecular formula is C10H9BrO2. The van der Waals surface area contributed by atoms with E-state index in [2.05, 4.69) is 15.9 Å². The van der Waals surface area contributed by atoms with Crippen LogP contribution in [0.15, 0.2) is 40.9 Å². The monoisotopic (exact) mass is 240 g/mol. The predicted octanol–water partition coefficient (Wildman–Crippen LogP) is 2.63. The van der Waals surface area contributed by atoms with Gasteiger partial charge in [-0.3, -0.25) is 0 Å². The zero-order valence-corrected chi connectivity index (χ0v) is 8.49. The zero-order chi connectivity index (χ0) is 9.68. The molecule has 0 aliphatic carbocycles. The number of hydrogen-bond donors (Lipinski definition) is 1. The molecule has 0 aromatic heterocycles. The number of allylic oxidation sites excluding steroid dienone is 1. The van der Waals surface area contributed by atoms with Crippen LogP contribution in [0.2, 0.25) is 0 Å². The summed E-state index contributed by atoms with van der Waals surface area (Å²) in [5.41, 5.74) is 1.08. The van der Waals surface area contributed by atoms with Crippen LogP contribution < -0.4 is 0 Å². The number of carbonyl (C=O) groups is 1. The first-order chi connectivity index (χ1) is 6.20. The first-order valence-electron chi connectivity index (χ1n) is 3.83. The quantitative estimate of drug-likeness (QED) is 0.826. The van der Waals surface area contributed by atoms with E-state index in [-0.39, 0.29) is 0 Å². The number of carboxylic acid groups (broad SMARTS) is 1. The van der Waals surface area contributed by atoms with E-state index in [9.17, 15) is 4.79 Å². The summed E-state index contributed by atoms with van der Waals surface area (Å²) in [6.45, 7) is 0. The molecule has 0 spiro atoms. The van der Waals surface area contributed by atoms with Crippen LogP contribution in [0.1, 0.15) is 5.56 Å². The van der Waals surface area contributed by atoms with Gasteiger partial charge in [-0.1, -0.05) is 40.2 Å². The predicted molar refractivity (Wildman–Crippen MR) is 54.6 cm³/mol. The van der Waals surface area contributed by atoms with Crippen LogP contribution in [0.25, 0.3) is 0 Å². The van der Waals surface area contributed by atoms with E-state index in [1.807, 2.05) is 24.3 Å². The standard InChI is InChI=1S/C10H9BrO2/c11-9-6-2-1-4-8(9)5-3-7-10(12)13/h1-4,6-7H,5H2,(H,12,13)/b7-3+. The normalized spacial score (nSPS) is 10.5. The van der Waals surface area contributed by atoms with Gasteiger partial charge in [-0.15, -0.1) is 0 Å². The smallest absolute Gasteiger partial charge is 0.327 e. The average molecular weight is 241 g/mol. The molecule has 0 fully saturated rings. The number of hydrogen-bond acceptors (Lipinski definition) is 1. The molecule has 0 heterocycles. The minimum Gasteiger partial charge on any atom is -0.478 e. The molecule has 0 aliphatic rings. The molecule has 0 radical (unpaired) electrons. The number of aliphatic carboxylic acids is 1. The SMILES string of the molecule is O=C(O)/C=C/Cc1ccccc1Br. The van der Waals surface area contributed by atoms with Gasteiger partial charge in [0.05, 0.1) is 0 Å². The summed E-state index contributed by atoms with van der Waals surface area (Å²) in [4.78, 5) is 10.2. The van der Waals surface area contributed by atoms with Crippen LogP contribution >= 0.6 is 15.9 Å². The second-order valence-corrected chi connectivity index (χ2v) is 3.39. The van der Waals surface area contributed by atoms with E-state index >= 15 is 0 Å². The molecule has 0 amide bonds. The van der Waals surface area contributed by atoms with Gasteiger partial charge >= 0.3 is 5.97 Å². The molecule has 2 nitrogen and oxygen atoms in total. The first kappa shape index (κ1) is 9.99. The lowest BCUT2D eigenvalue weighted by molar-refractivity contribution is -0.131. The largest absolute Gasteiger partial charge is 0.478 e. The van der Waals surface area contributed by atoms with E-state index in [0.717, 1.165) is 16.1 Å². The summed E-state index contributed by atoms with van der Waals surface area (Å²) in [6, 6.07) is 7.74. The third kappa shape index (κ3) is 3.42. The Morgan fingerprint density at radius 3 is 2.77 bits per heavy atom. The third-order valence-corrected chi connectivity index (χ3v) is 2.33. The second kappa shape index (κ2) is 4.82. The Morgan fingerprint density at radius 2 is 2.15 bits per heavy atom. The molecule has 0 saturated carbocycles. The van der Waals surface area contributed by atoms with E-state index in [1.54, 1.807) is 6.08 Å². The molecule has 13 heavy (non-hydrogen) atoms. The van der Waals surface area contributed by atoms with Gasteiger partial charge in [-0.25, -0.2) is 4.79 Å². The Balaban J connectivity index is 2.64. The highest BCUT2D eigenvalue weighted by Crippen LogP contribution is 2.16. The van der Waals surface area contributed by atoms with Crippen LogP contribution in [0, 0.1) is 0 Å². The highest BCUT2D eigenvalue weighted by Gasteiger charge is 1.95. The molecule has 0 unspecified atom stereocenters. The van der Waals surface area contributed by atoms with Crippen molar-refractivity contribution in [1.82, 2.24) is 0 Å². The fourth-order valence-corrected chi connectivity index (χ4v) is 1.40. The topological polar surface area (TPSA) is 37.3 Å². The van der Waals surface area contributed by atoms with Gasteiger partial charge in [0, 0.05) is 10.5 Å². The molecular weight excluding hydrogens is 232 g/mol. The Labute approximate surface area is 85.0 Å². The third-order valence-electron chi connectivity index (χ3n) is 1.56. The van der Waals surface area contributed by atoms with Crippen molar-refractivity contribution in [2.45, 2.75) is 6.42 Å². The maximum absolute atomic E-state index is 10.2. The summed E-state index contributed by atoms with van der Waals surface area (Å²) in [7, 11) is 0. The van der Waals surface area contributed by atoms with Crippen molar-refractivity contribution in [1.29, 1.82) is 0 Å². The van der Waals surface area contributed by atoms with Crippen molar-refractivity contribution in [2.24, 2.45) is 0 Å². The molecule has 0 aliphatic heterocycles. The molecule has 0 bridgehead atoms. The van der Waals surface area contributed by atoms with Gasteiger partial charge in [0.1, 0.15) is 0 Å². The van der Waals surface area contributed by atoms with Crippen molar-refractivity contribution in [3.8, 4) is 0 Å². The number of benzene rings is 1. The van der Waals surface area contributed by atoms with Crippen molar-refractivity contribution >= 4 is 21.9 Å². The maximum Gasteiger partial charge on any atom is 0.327 e. The van der Waals surface area contributed by atoms with Crippen LogP contribution in [-0.4, -0.2) is 11.1 Å². The van der Waals surface area contributed by atoms with Gasteiger partial charge < -0.3 is 5.11 Å². The summed E-state index contributed by atoms with van der Waals surface area (Å²) in [5.74, 6) is -0.910. The number of halogens is 1. The minimum atomic E-state index is -0.910. The molecule has 0 saturated heterocycles. The Hall–Kier alpha value is -1.09. The van der Waals surface area contributed by atoms with Crippen LogP contribution in [0.3, 0.4) is 0 Å². The number of rotatable bonds is 3. The van der Waals surface area contributed by atoms with Crippen LogP contribution in [0.4, 0.5) is 0 Å². The summed E-state index contributed by atoms with van der Waals surface area (Å²) in [5, 5.41) is 8.36. The first-order valence-corrected chi connectivity index (χ1v) is 4.62. The summed E-state index contributed by atoms with van der Waals surface area (Å²) < 4.78 is 1.00. The molecule has 1 aromatic rings. The highest BCUT2D eigenvalue weighted by molar-refractivity contribution is 9.10. The van der Waals surface area contributed by atoms with Crippen LogP contribution in [-0.2, 0) is 11.2 Å². The fourth-order valence-electron chi connectivity index (χ4n) is 0.951. The molecule has 1 N–H and O–H groups in total. The van der Waals surface area contributed by atoms with E-state index < -0.39 is 5.97 Å². The fraction of sp³-hybridized carbons (Fsp3) is 0.100. The lowest BCUT2D eigenvalue weighted by Crippen LogP contribution is -1.88. The average Bonchev–Trinajstić information content (AvgIpc) is 2.08. The Bertz CT molecular complexity index is 331. The molecule has 1 aromatic carbocycles. The molecule has 3 heteroatoms. The van der Waals surface area contributed by atoms with E-state index in [4.69, 9.17) is 5.11 Å². The Morgan fingerprint density at radius 1 is 1.46 bits per heavy atom. The zero-order valence-electron chi connectivity index (χ0n) is 6.90. The second-order valence-electron chi connectivity index (χ2n) is 2.54. The summed E-state index contributed by atoms with van der Waals surface area (Å²) >= 11 is 3.38. The van der Waals surface area contributed by atoms with Gasteiger partial charge in [0.2, 0.25) is 0 Å². The lowest BCUT2D eigenvalue weighted by Gasteiger charge is -1.98. The number of carboxylic acids is 1.